The maximum Gasteiger partial charge on any atom is 0.0897 e. The van der Waals surface area contributed by atoms with Crippen molar-refractivity contribution in [1.82, 2.24) is 5.32 Å². The van der Waals surface area contributed by atoms with Gasteiger partial charge >= 0.3 is 0 Å². The summed E-state index contributed by atoms with van der Waals surface area (Å²) in [5, 5.41) is 12.9. The van der Waals surface area contributed by atoms with E-state index in [1.807, 2.05) is 11.8 Å². The monoisotopic (exact) mass is 277 g/mol. The Bertz CT molecular complexity index is 168. The first kappa shape index (κ1) is 18.2. The van der Waals surface area contributed by atoms with Gasteiger partial charge < -0.3 is 15.2 Å². The fourth-order valence-electron chi connectivity index (χ4n) is 1.64. The molecule has 0 rings (SSSR count). The zero-order valence-corrected chi connectivity index (χ0v) is 13.1. The smallest absolute Gasteiger partial charge is 0.0897 e. The first-order valence-electron chi connectivity index (χ1n) is 7.12. The van der Waals surface area contributed by atoms with Crippen LogP contribution < -0.4 is 5.32 Å². The second-order valence-corrected chi connectivity index (χ2v) is 6.15. The van der Waals surface area contributed by atoms with Crippen molar-refractivity contribution in [3.05, 3.63) is 0 Å². The normalized spacial score (nSPS) is 13.2. The molecule has 0 aromatic rings. The van der Waals surface area contributed by atoms with Crippen molar-refractivity contribution in [3.63, 3.8) is 0 Å². The van der Waals surface area contributed by atoms with E-state index in [-0.39, 0.29) is 6.10 Å². The molecule has 1 atom stereocenters. The van der Waals surface area contributed by atoms with E-state index in [4.69, 9.17) is 4.74 Å². The molecule has 0 heterocycles. The number of aliphatic hydroxyl groups excluding tert-OH is 1. The molecule has 4 heteroatoms. The number of hydrogen-bond acceptors (Lipinski definition) is 4. The predicted octanol–water partition coefficient (Wildman–Crippen LogP) is 2.53. The summed E-state index contributed by atoms with van der Waals surface area (Å²) in [5.74, 6) is 1.96. The lowest BCUT2D eigenvalue weighted by Crippen LogP contribution is -2.31. The Kier molecular flexibility index (Phi) is 13.8. The van der Waals surface area contributed by atoms with Gasteiger partial charge in [0.25, 0.3) is 0 Å². The molecule has 110 valence electrons. The summed E-state index contributed by atoms with van der Waals surface area (Å²) in [5.41, 5.74) is 0. The summed E-state index contributed by atoms with van der Waals surface area (Å²) in [4.78, 5) is 0. The molecule has 3 nitrogen and oxygen atoms in total. The van der Waals surface area contributed by atoms with Gasteiger partial charge in [-0.25, -0.2) is 0 Å². The van der Waals surface area contributed by atoms with Crippen LogP contribution in [0, 0.1) is 5.92 Å². The van der Waals surface area contributed by atoms with Gasteiger partial charge in [-0.2, -0.15) is 11.8 Å². The lowest BCUT2D eigenvalue weighted by molar-refractivity contribution is 0.0348. The van der Waals surface area contributed by atoms with Crippen molar-refractivity contribution in [2.45, 2.75) is 45.6 Å². The van der Waals surface area contributed by atoms with E-state index >= 15 is 0 Å². The topological polar surface area (TPSA) is 41.5 Å². The fraction of sp³-hybridized carbons (Fsp3) is 1.00. The average molecular weight is 277 g/mol. The lowest BCUT2D eigenvalue weighted by Gasteiger charge is -2.12. The van der Waals surface area contributed by atoms with Gasteiger partial charge in [-0.3, -0.25) is 0 Å². The summed E-state index contributed by atoms with van der Waals surface area (Å²) in [7, 11) is 0. The van der Waals surface area contributed by atoms with Gasteiger partial charge in [0.15, 0.2) is 0 Å². The van der Waals surface area contributed by atoms with Crippen LogP contribution >= 0.6 is 11.8 Å². The third-order valence-corrected chi connectivity index (χ3v) is 3.41. The number of ether oxygens (including phenoxy) is 1. The highest BCUT2D eigenvalue weighted by Crippen LogP contribution is 2.03. The van der Waals surface area contributed by atoms with Crippen LogP contribution in [0.1, 0.15) is 39.5 Å². The van der Waals surface area contributed by atoms with Crippen LogP contribution in [0.15, 0.2) is 0 Å². The second kappa shape index (κ2) is 13.7. The van der Waals surface area contributed by atoms with Crippen molar-refractivity contribution in [1.29, 1.82) is 0 Å². The Balaban J connectivity index is 3.15. The minimum atomic E-state index is -0.371. The Labute approximate surface area is 117 Å². The highest BCUT2D eigenvalue weighted by Gasteiger charge is 2.03. The number of hydrogen-bond donors (Lipinski definition) is 2. The third-order valence-electron chi connectivity index (χ3n) is 2.71. The van der Waals surface area contributed by atoms with Crippen LogP contribution in [-0.2, 0) is 4.74 Å². The van der Waals surface area contributed by atoms with Gasteiger partial charge in [0.1, 0.15) is 0 Å². The maximum atomic E-state index is 9.67. The molecule has 0 aliphatic heterocycles. The highest BCUT2D eigenvalue weighted by atomic mass is 32.2. The zero-order valence-electron chi connectivity index (χ0n) is 12.3. The fourth-order valence-corrected chi connectivity index (χ4v) is 2.13. The van der Waals surface area contributed by atoms with Gasteiger partial charge in [-0.1, -0.05) is 13.8 Å². The molecule has 0 saturated carbocycles. The highest BCUT2D eigenvalue weighted by molar-refractivity contribution is 7.98. The summed E-state index contributed by atoms with van der Waals surface area (Å²) >= 11 is 1.89. The SMILES string of the molecule is CSCCCCNCC(O)COCCCC(C)C. The van der Waals surface area contributed by atoms with E-state index in [0.29, 0.717) is 13.2 Å². The van der Waals surface area contributed by atoms with Gasteiger partial charge in [-0.05, 0) is 50.2 Å². The zero-order chi connectivity index (χ0) is 13.6. The van der Waals surface area contributed by atoms with E-state index < -0.39 is 0 Å². The van der Waals surface area contributed by atoms with E-state index in [1.54, 1.807) is 0 Å². The van der Waals surface area contributed by atoms with E-state index in [2.05, 4.69) is 25.4 Å². The average Bonchev–Trinajstić information content (AvgIpc) is 2.33. The quantitative estimate of drug-likeness (QED) is 0.508. The van der Waals surface area contributed by atoms with Gasteiger partial charge in [-0.15, -0.1) is 0 Å². The molecule has 0 aromatic carbocycles. The minimum Gasteiger partial charge on any atom is -0.389 e. The van der Waals surface area contributed by atoms with Crippen LogP contribution in [0.25, 0.3) is 0 Å². The molecule has 0 radical (unpaired) electrons. The van der Waals surface area contributed by atoms with Crippen molar-refractivity contribution in [3.8, 4) is 0 Å². The molecule has 18 heavy (non-hydrogen) atoms. The first-order chi connectivity index (χ1) is 8.66. The van der Waals surface area contributed by atoms with Crippen molar-refractivity contribution in [2.24, 2.45) is 5.92 Å². The largest absolute Gasteiger partial charge is 0.389 e. The molecule has 0 spiro atoms. The lowest BCUT2D eigenvalue weighted by atomic mass is 10.1. The second-order valence-electron chi connectivity index (χ2n) is 5.17. The molecule has 0 fully saturated rings. The predicted molar refractivity (Wildman–Crippen MR) is 81.4 cm³/mol. The molecule has 0 aliphatic rings. The maximum absolute atomic E-state index is 9.67. The van der Waals surface area contributed by atoms with E-state index in [0.717, 1.165) is 25.5 Å². The molecule has 0 amide bonds. The summed E-state index contributed by atoms with van der Waals surface area (Å²) < 4.78 is 5.45. The van der Waals surface area contributed by atoms with Crippen LogP contribution in [0.3, 0.4) is 0 Å². The Hall–Kier alpha value is 0.230. The molecule has 0 aliphatic carbocycles. The molecule has 0 bridgehead atoms. The minimum absolute atomic E-state index is 0.371. The summed E-state index contributed by atoms with van der Waals surface area (Å²) in [6.45, 7) is 7.29. The van der Waals surface area contributed by atoms with Crippen LogP contribution in [-0.4, -0.2) is 49.5 Å². The molecule has 1 unspecified atom stereocenters. The van der Waals surface area contributed by atoms with Crippen molar-refractivity contribution in [2.75, 3.05) is 38.3 Å². The Morgan fingerprint density at radius 2 is 2.00 bits per heavy atom. The number of nitrogens with one attached hydrogen (secondary N) is 1. The number of rotatable bonds is 13. The van der Waals surface area contributed by atoms with Gasteiger partial charge in [0.2, 0.25) is 0 Å². The number of aliphatic hydroxyl groups is 1. The molecular weight excluding hydrogens is 246 g/mol. The Morgan fingerprint density at radius 1 is 1.22 bits per heavy atom. The molecular formula is C14H31NO2S. The third kappa shape index (κ3) is 14.3. The number of thioether (sulfide) groups is 1. The summed E-state index contributed by atoms with van der Waals surface area (Å²) in [6.07, 6.45) is 6.48. The first-order valence-corrected chi connectivity index (χ1v) is 8.51. The Morgan fingerprint density at radius 3 is 2.67 bits per heavy atom. The van der Waals surface area contributed by atoms with Gasteiger partial charge in [0.05, 0.1) is 12.7 Å². The van der Waals surface area contributed by atoms with Crippen LogP contribution in [0.5, 0.6) is 0 Å². The molecule has 0 aromatic heterocycles. The number of unbranched alkanes of at least 4 members (excludes halogenated alkanes) is 1. The van der Waals surface area contributed by atoms with Gasteiger partial charge in [0, 0.05) is 13.2 Å². The van der Waals surface area contributed by atoms with Crippen LogP contribution in [0.2, 0.25) is 0 Å². The molecule has 2 N–H and O–H groups in total. The van der Waals surface area contributed by atoms with E-state index in [9.17, 15) is 5.11 Å². The van der Waals surface area contributed by atoms with E-state index in [1.165, 1.54) is 25.0 Å². The van der Waals surface area contributed by atoms with Crippen molar-refractivity contribution < 1.29 is 9.84 Å². The standard InChI is InChI=1S/C14H31NO2S/c1-13(2)7-6-9-17-12-14(16)11-15-8-4-5-10-18-3/h13-16H,4-12H2,1-3H3. The van der Waals surface area contributed by atoms with Crippen molar-refractivity contribution >= 4 is 11.8 Å². The summed E-state index contributed by atoms with van der Waals surface area (Å²) in [6, 6.07) is 0. The molecule has 0 saturated heterocycles. The van der Waals surface area contributed by atoms with Crippen LogP contribution in [0.4, 0.5) is 0 Å².